The van der Waals surface area contributed by atoms with E-state index in [4.69, 9.17) is 0 Å². The summed E-state index contributed by atoms with van der Waals surface area (Å²) in [5.74, 6) is -0.0764. The molecule has 0 rings (SSSR count). The van der Waals surface area contributed by atoms with Crippen molar-refractivity contribution >= 4 is 103 Å². The minimum Gasteiger partial charge on any atom is -1.00 e. The van der Waals surface area contributed by atoms with E-state index in [-0.39, 0.29) is 59.2 Å². The Balaban J connectivity index is -0.0000000231. The van der Waals surface area contributed by atoms with Crippen LogP contribution in [-0.4, -0.2) is 53.4 Å². The Bertz CT molecular complexity index is 261. The zero-order valence-electron chi connectivity index (χ0n) is 15.0. The van der Waals surface area contributed by atoms with E-state index in [0.717, 1.165) is 5.06 Å². The molecule has 0 bridgehead atoms. The average molecular weight is 758 g/mol. The van der Waals surface area contributed by atoms with Gasteiger partial charge in [0.05, 0.1) is 7.11 Å². The first-order chi connectivity index (χ1) is 9.45. The van der Waals surface area contributed by atoms with Crippen LogP contribution in [0, 0.1) is 6.58 Å². The van der Waals surface area contributed by atoms with Crippen LogP contribution in [-0.2, 0) is 14.4 Å². The van der Waals surface area contributed by atoms with Crippen molar-refractivity contribution in [2.45, 2.75) is 41.5 Å². The van der Waals surface area contributed by atoms with Crippen LogP contribution in [0.3, 0.4) is 0 Å². The Morgan fingerprint density at radius 3 is 1.33 bits per heavy atom. The molecular formula is C15H31BrI3MgNO3. The molecule has 0 atom stereocenters. The van der Waals surface area contributed by atoms with Gasteiger partial charge >= 0.3 is 23.1 Å². The standard InChI is InChI=1S/C4H9NO2.C4H6O.C2H3I3.C2H6.C2H3.CH4.BrH.Mg/c1-4(6)5(2)7-3;1-3-4(2)5;1-2(3,4)5;2*1-2;;;/h1-3H3;3H,1H2,2H3;1H3;1-2H3;1H,2H2;1H4;1H;/q;;;;-1;;;+2/p-1. The van der Waals surface area contributed by atoms with Crippen molar-refractivity contribution in [3.63, 3.8) is 0 Å². The molecule has 0 aliphatic heterocycles. The summed E-state index contributed by atoms with van der Waals surface area (Å²) in [6.07, 6.45) is 1.28. The SMILES string of the molecule is C.C=CC(C)=O.CC.CC(I)(I)I.CON(C)C(C)=O.[Br-].[CH-]=C.[Mg+2]. The quantitative estimate of drug-likeness (QED) is 0.109. The van der Waals surface area contributed by atoms with Crippen molar-refractivity contribution in [1.82, 2.24) is 5.06 Å². The van der Waals surface area contributed by atoms with Gasteiger partial charge in [-0.15, -0.1) is 0 Å². The van der Waals surface area contributed by atoms with Crippen LogP contribution in [0.2, 0.25) is 0 Å². The number of nitrogens with zero attached hydrogens (tertiary/aromatic N) is 1. The molecule has 1 amide bonds. The predicted molar refractivity (Wildman–Crippen MR) is 131 cm³/mol. The second-order valence-electron chi connectivity index (χ2n) is 2.80. The molecule has 9 heteroatoms. The second kappa shape index (κ2) is 39.9. The van der Waals surface area contributed by atoms with Crippen LogP contribution in [0.25, 0.3) is 0 Å². The van der Waals surface area contributed by atoms with Crippen molar-refractivity contribution in [2.24, 2.45) is 0 Å². The summed E-state index contributed by atoms with van der Waals surface area (Å²) in [4.78, 5) is 24.4. The van der Waals surface area contributed by atoms with Gasteiger partial charge in [0.2, 0.25) is 5.91 Å². The van der Waals surface area contributed by atoms with Crippen molar-refractivity contribution in [1.29, 1.82) is 0 Å². The minimum atomic E-state index is -0.0949. The van der Waals surface area contributed by atoms with Crippen LogP contribution in [0.4, 0.5) is 0 Å². The summed E-state index contributed by atoms with van der Waals surface area (Å²) in [7, 11) is 3.00. The molecule has 0 aromatic heterocycles. The van der Waals surface area contributed by atoms with E-state index in [1.54, 1.807) is 7.05 Å². The summed E-state index contributed by atoms with van der Waals surface area (Å²) < 4.78 is 0.410. The van der Waals surface area contributed by atoms with Crippen LogP contribution in [0.15, 0.2) is 19.2 Å². The van der Waals surface area contributed by atoms with Crippen LogP contribution < -0.4 is 17.0 Å². The van der Waals surface area contributed by atoms with Gasteiger partial charge in [-0.3, -0.25) is 21.0 Å². The summed E-state index contributed by atoms with van der Waals surface area (Å²) in [6, 6.07) is 0. The first-order valence-corrected chi connectivity index (χ1v) is 9.08. The van der Waals surface area contributed by atoms with Gasteiger partial charge in [0.1, 0.15) is -0.565 Å². The predicted octanol–water partition coefficient (Wildman–Crippen LogP) is 2.64. The van der Waals surface area contributed by atoms with E-state index in [1.807, 2.05) is 13.8 Å². The van der Waals surface area contributed by atoms with Crippen molar-refractivity contribution in [3.8, 4) is 0 Å². The summed E-state index contributed by atoms with van der Waals surface area (Å²) in [5, 5.41) is 1.15. The Kier molecular flexibility index (Phi) is 83.4. The van der Waals surface area contributed by atoms with E-state index < -0.39 is 0 Å². The summed E-state index contributed by atoms with van der Waals surface area (Å²) in [5.41, 5.74) is 0. The largest absolute Gasteiger partial charge is 2.00 e. The fourth-order valence-corrected chi connectivity index (χ4v) is 0.129. The molecule has 0 aromatic rings. The number of hydroxylamine groups is 2. The van der Waals surface area contributed by atoms with Gasteiger partial charge in [0.15, 0.2) is 5.78 Å². The molecule has 24 heavy (non-hydrogen) atoms. The number of allylic oxidation sites excluding steroid dienone is 1. The van der Waals surface area contributed by atoms with Crippen LogP contribution >= 0.6 is 67.8 Å². The molecule has 0 saturated heterocycles. The van der Waals surface area contributed by atoms with E-state index in [2.05, 4.69) is 99.3 Å². The Hall–Kier alpha value is 2.02. The fraction of sp³-hybridized carbons (Fsp3) is 0.600. The molecule has 0 aliphatic rings. The van der Waals surface area contributed by atoms with E-state index in [9.17, 15) is 9.59 Å². The summed E-state index contributed by atoms with van der Waals surface area (Å²) in [6.45, 7) is 19.3. The smallest absolute Gasteiger partial charge is 1.00 e. The minimum absolute atomic E-state index is 0. The van der Waals surface area contributed by atoms with Gasteiger partial charge < -0.3 is 23.6 Å². The number of halogens is 4. The molecule has 0 N–H and O–H groups in total. The van der Waals surface area contributed by atoms with Crippen molar-refractivity contribution < 1.29 is 31.4 Å². The Morgan fingerprint density at radius 2 is 1.33 bits per heavy atom. The van der Waals surface area contributed by atoms with Gasteiger partial charge in [-0.25, -0.2) is 5.06 Å². The summed E-state index contributed by atoms with van der Waals surface area (Å²) >= 11 is 7.05. The number of carbonyl (C=O) groups excluding carboxylic acids is 2. The van der Waals surface area contributed by atoms with Crippen LogP contribution in [0.5, 0.6) is 0 Å². The fourth-order valence-electron chi connectivity index (χ4n) is 0.129. The topological polar surface area (TPSA) is 46.6 Å². The molecule has 144 valence electrons. The third-order valence-corrected chi connectivity index (χ3v) is 1.00. The molecule has 4 nitrogen and oxygen atoms in total. The third kappa shape index (κ3) is 127. The number of amides is 1. The number of rotatable bonds is 2. The molecule has 0 aromatic carbocycles. The molecule has 0 heterocycles. The van der Waals surface area contributed by atoms with Crippen molar-refractivity contribution in [3.05, 3.63) is 25.8 Å². The molecule has 0 saturated carbocycles. The first kappa shape index (κ1) is 50.2. The Labute approximate surface area is 217 Å². The number of hydrogen-bond acceptors (Lipinski definition) is 3. The first-order valence-electron chi connectivity index (χ1n) is 5.84. The average Bonchev–Trinajstić information content (AvgIpc) is 2.41. The molecule has 0 spiro atoms. The molecule has 0 unspecified atom stereocenters. The molecule has 0 aliphatic carbocycles. The maximum absolute atomic E-state index is 10.2. The Morgan fingerprint density at radius 1 is 1.17 bits per heavy atom. The number of alkyl halides is 3. The normalized spacial score (nSPS) is 6.75. The maximum Gasteiger partial charge on any atom is 2.00 e. The van der Waals surface area contributed by atoms with Gasteiger partial charge in [-0.1, -0.05) is 95.6 Å². The molecule has 0 radical (unpaired) electrons. The van der Waals surface area contributed by atoms with E-state index in [1.165, 1.54) is 27.0 Å². The van der Waals surface area contributed by atoms with Crippen LogP contribution in [0.1, 0.15) is 42.0 Å². The second-order valence-corrected chi connectivity index (χ2v) is 15.5. The van der Waals surface area contributed by atoms with E-state index in [0.29, 0.717) is -0.565 Å². The van der Waals surface area contributed by atoms with Gasteiger partial charge in [0.25, 0.3) is 0 Å². The van der Waals surface area contributed by atoms with Crippen molar-refractivity contribution in [2.75, 3.05) is 14.2 Å². The molecule has 0 fully saturated rings. The number of ketones is 1. The zero-order chi connectivity index (χ0) is 18.6. The number of hydrogen-bond donors (Lipinski definition) is 0. The maximum atomic E-state index is 10.2. The van der Waals surface area contributed by atoms with Gasteiger partial charge in [-0.2, -0.15) is 0 Å². The number of carbonyl (C=O) groups is 2. The monoisotopic (exact) mass is 757 g/mol. The third-order valence-electron chi connectivity index (χ3n) is 1.00. The van der Waals surface area contributed by atoms with Gasteiger partial charge in [-0.05, 0) is 19.9 Å². The van der Waals surface area contributed by atoms with Gasteiger partial charge in [0, 0.05) is 14.0 Å². The zero-order valence-corrected chi connectivity index (χ0v) is 24.4. The molecular weight excluding hydrogens is 727 g/mol. The van der Waals surface area contributed by atoms with E-state index >= 15 is 0 Å².